The van der Waals surface area contributed by atoms with Gasteiger partial charge in [-0.1, -0.05) is 6.07 Å². The van der Waals surface area contributed by atoms with Crippen molar-refractivity contribution in [3.63, 3.8) is 0 Å². The van der Waals surface area contributed by atoms with Crippen LogP contribution in [0.3, 0.4) is 0 Å². The van der Waals surface area contributed by atoms with Crippen LogP contribution < -0.4 is 0 Å². The normalized spacial score (nSPS) is 10.3. The molecule has 0 aliphatic carbocycles. The molecular weight excluding hydrogens is 166 g/mol. The Morgan fingerprint density at radius 2 is 2.00 bits per heavy atom. The van der Waals surface area contributed by atoms with E-state index in [0.717, 1.165) is 5.56 Å². The standard InChI is InChI=1S/C9H9N3O/c1-6-3-4-8(10-5-6)9-12-11-7(2)13-9/h3-5H,1-2H3. The van der Waals surface area contributed by atoms with Crippen molar-refractivity contribution in [2.75, 3.05) is 0 Å². The van der Waals surface area contributed by atoms with E-state index < -0.39 is 0 Å². The molecule has 0 aromatic carbocycles. The number of pyridine rings is 1. The maximum atomic E-state index is 5.22. The first kappa shape index (κ1) is 7.91. The second-order valence-electron chi connectivity index (χ2n) is 2.85. The molecule has 0 spiro atoms. The molecule has 0 fully saturated rings. The maximum Gasteiger partial charge on any atom is 0.266 e. The predicted molar refractivity (Wildman–Crippen MR) is 47.0 cm³/mol. The molecule has 13 heavy (non-hydrogen) atoms. The quantitative estimate of drug-likeness (QED) is 0.662. The zero-order valence-electron chi connectivity index (χ0n) is 7.48. The van der Waals surface area contributed by atoms with Crippen LogP contribution in [0.25, 0.3) is 11.6 Å². The highest BCUT2D eigenvalue weighted by Gasteiger charge is 2.05. The molecule has 4 nitrogen and oxygen atoms in total. The van der Waals surface area contributed by atoms with Crippen LogP contribution in [0.5, 0.6) is 0 Å². The fraction of sp³-hybridized carbons (Fsp3) is 0.222. The van der Waals surface area contributed by atoms with Crippen LogP contribution >= 0.6 is 0 Å². The summed E-state index contributed by atoms with van der Waals surface area (Å²) < 4.78 is 5.22. The second kappa shape index (κ2) is 2.97. The lowest BCUT2D eigenvalue weighted by Crippen LogP contribution is -1.83. The molecule has 0 amide bonds. The van der Waals surface area contributed by atoms with E-state index in [4.69, 9.17) is 4.42 Å². The third-order valence-corrected chi connectivity index (χ3v) is 1.66. The second-order valence-corrected chi connectivity index (χ2v) is 2.85. The summed E-state index contributed by atoms with van der Waals surface area (Å²) in [4.78, 5) is 4.17. The van der Waals surface area contributed by atoms with Gasteiger partial charge < -0.3 is 4.42 Å². The van der Waals surface area contributed by atoms with Gasteiger partial charge in [-0.2, -0.15) is 0 Å². The Morgan fingerprint density at radius 1 is 1.15 bits per heavy atom. The molecule has 0 aliphatic rings. The highest BCUT2D eigenvalue weighted by molar-refractivity contribution is 5.45. The fourth-order valence-corrected chi connectivity index (χ4v) is 0.994. The zero-order chi connectivity index (χ0) is 9.26. The summed E-state index contributed by atoms with van der Waals surface area (Å²) in [7, 11) is 0. The van der Waals surface area contributed by atoms with E-state index in [1.165, 1.54) is 0 Å². The van der Waals surface area contributed by atoms with Crippen LogP contribution in [0, 0.1) is 13.8 Å². The minimum atomic E-state index is 0.470. The van der Waals surface area contributed by atoms with Crippen molar-refractivity contribution in [1.29, 1.82) is 0 Å². The third-order valence-electron chi connectivity index (χ3n) is 1.66. The smallest absolute Gasteiger partial charge is 0.266 e. The van der Waals surface area contributed by atoms with Crippen LogP contribution in [-0.4, -0.2) is 15.2 Å². The van der Waals surface area contributed by atoms with Gasteiger partial charge in [0.2, 0.25) is 5.89 Å². The molecule has 2 aromatic heterocycles. The molecule has 0 N–H and O–H groups in total. The van der Waals surface area contributed by atoms with Crippen molar-refractivity contribution in [2.45, 2.75) is 13.8 Å². The van der Waals surface area contributed by atoms with Gasteiger partial charge in [-0.3, -0.25) is 4.98 Å². The first-order valence-electron chi connectivity index (χ1n) is 3.99. The average Bonchev–Trinajstić information content (AvgIpc) is 2.53. The molecular formula is C9H9N3O. The van der Waals surface area contributed by atoms with E-state index in [1.807, 2.05) is 19.1 Å². The maximum absolute atomic E-state index is 5.22. The van der Waals surface area contributed by atoms with Crippen LogP contribution in [0.2, 0.25) is 0 Å². The summed E-state index contributed by atoms with van der Waals surface area (Å²) in [6.07, 6.45) is 1.77. The van der Waals surface area contributed by atoms with Gasteiger partial charge in [0, 0.05) is 13.1 Å². The summed E-state index contributed by atoms with van der Waals surface area (Å²) in [6, 6.07) is 3.82. The molecule has 2 rings (SSSR count). The Hall–Kier alpha value is -1.71. The molecule has 0 saturated heterocycles. The predicted octanol–water partition coefficient (Wildman–Crippen LogP) is 1.75. The van der Waals surface area contributed by atoms with Gasteiger partial charge >= 0.3 is 0 Å². The van der Waals surface area contributed by atoms with Crippen molar-refractivity contribution in [2.24, 2.45) is 0 Å². The molecule has 0 unspecified atom stereocenters. The number of hydrogen-bond acceptors (Lipinski definition) is 4. The van der Waals surface area contributed by atoms with Crippen LogP contribution in [-0.2, 0) is 0 Å². The van der Waals surface area contributed by atoms with Gasteiger partial charge in [0.1, 0.15) is 5.69 Å². The molecule has 4 heteroatoms. The summed E-state index contributed by atoms with van der Waals surface area (Å²) in [5.74, 6) is 1.02. The number of nitrogens with zero attached hydrogens (tertiary/aromatic N) is 3. The first-order valence-corrected chi connectivity index (χ1v) is 3.99. The molecule has 2 heterocycles. The van der Waals surface area contributed by atoms with Crippen LogP contribution in [0.15, 0.2) is 22.7 Å². The van der Waals surface area contributed by atoms with E-state index in [0.29, 0.717) is 17.5 Å². The summed E-state index contributed by atoms with van der Waals surface area (Å²) >= 11 is 0. The van der Waals surface area contributed by atoms with Crippen molar-refractivity contribution >= 4 is 0 Å². The Balaban J connectivity index is 2.41. The molecule has 0 aliphatic heterocycles. The molecule has 0 saturated carbocycles. The lowest BCUT2D eigenvalue weighted by molar-refractivity contribution is 0.531. The number of aromatic nitrogens is 3. The molecule has 0 radical (unpaired) electrons. The van der Waals surface area contributed by atoms with Crippen molar-refractivity contribution < 1.29 is 4.42 Å². The van der Waals surface area contributed by atoms with Gasteiger partial charge in [-0.15, -0.1) is 10.2 Å². The van der Waals surface area contributed by atoms with Crippen LogP contribution in [0.1, 0.15) is 11.5 Å². The van der Waals surface area contributed by atoms with Crippen molar-refractivity contribution in [3.8, 4) is 11.6 Å². The Bertz CT molecular complexity index is 405. The lowest BCUT2D eigenvalue weighted by Gasteiger charge is -1.93. The fourth-order valence-electron chi connectivity index (χ4n) is 0.994. The number of aryl methyl sites for hydroxylation is 2. The topological polar surface area (TPSA) is 51.8 Å². The minimum Gasteiger partial charge on any atom is -0.420 e. The van der Waals surface area contributed by atoms with Crippen molar-refractivity contribution in [1.82, 2.24) is 15.2 Å². The van der Waals surface area contributed by atoms with Crippen LogP contribution in [0.4, 0.5) is 0 Å². The minimum absolute atomic E-state index is 0.470. The average molecular weight is 175 g/mol. The van der Waals surface area contributed by atoms with Gasteiger partial charge in [0.25, 0.3) is 5.89 Å². The SMILES string of the molecule is Cc1ccc(-c2nnc(C)o2)nc1. The molecule has 66 valence electrons. The largest absolute Gasteiger partial charge is 0.420 e. The molecule has 0 bridgehead atoms. The first-order chi connectivity index (χ1) is 6.25. The van der Waals surface area contributed by atoms with E-state index in [-0.39, 0.29) is 0 Å². The molecule has 0 atom stereocenters. The summed E-state index contributed by atoms with van der Waals surface area (Å²) in [5, 5.41) is 7.60. The molecule has 2 aromatic rings. The van der Waals surface area contributed by atoms with E-state index in [2.05, 4.69) is 15.2 Å². The highest BCUT2D eigenvalue weighted by Crippen LogP contribution is 2.14. The van der Waals surface area contributed by atoms with E-state index in [9.17, 15) is 0 Å². The van der Waals surface area contributed by atoms with Gasteiger partial charge in [-0.25, -0.2) is 0 Å². The Kier molecular flexibility index (Phi) is 1.81. The highest BCUT2D eigenvalue weighted by atomic mass is 16.4. The Labute approximate surface area is 75.6 Å². The van der Waals surface area contributed by atoms with E-state index >= 15 is 0 Å². The lowest BCUT2D eigenvalue weighted by atomic mass is 10.3. The van der Waals surface area contributed by atoms with Gasteiger partial charge in [-0.05, 0) is 18.6 Å². The third kappa shape index (κ3) is 1.56. The monoisotopic (exact) mass is 175 g/mol. The number of rotatable bonds is 1. The zero-order valence-corrected chi connectivity index (χ0v) is 7.48. The van der Waals surface area contributed by atoms with Crippen molar-refractivity contribution in [3.05, 3.63) is 29.8 Å². The van der Waals surface area contributed by atoms with E-state index in [1.54, 1.807) is 13.1 Å². The summed E-state index contributed by atoms with van der Waals surface area (Å²) in [6.45, 7) is 3.74. The Morgan fingerprint density at radius 3 is 2.54 bits per heavy atom. The number of hydrogen-bond donors (Lipinski definition) is 0. The van der Waals surface area contributed by atoms with Gasteiger partial charge in [0.15, 0.2) is 0 Å². The van der Waals surface area contributed by atoms with Gasteiger partial charge in [0.05, 0.1) is 0 Å². The summed E-state index contributed by atoms with van der Waals surface area (Å²) in [5.41, 5.74) is 1.83.